The Hall–Kier alpha value is -3.81. The molecule has 13 heteroatoms. The largest absolute Gasteiger partial charge is 0.481 e. The first kappa shape index (κ1) is 29.7. The van der Waals surface area contributed by atoms with Crippen LogP contribution in [0.4, 0.5) is 5.13 Å². The van der Waals surface area contributed by atoms with Gasteiger partial charge in [-0.15, -0.1) is 0 Å². The SMILES string of the molecule is COc1ccc2nc(NC(=O)C(CC3CCCC3)c3ccc(S(=O)(=O)N(CC(=O)O)Cc4ccc(C)o4)cc3)sc2n1. The second-order valence-corrected chi connectivity index (χ2v) is 13.3. The van der Waals surface area contributed by atoms with E-state index in [1.807, 2.05) is 0 Å². The number of furan rings is 1. The maximum absolute atomic E-state index is 13.6. The van der Waals surface area contributed by atoms with Crippen LogP contribution < -0.4 is 10.1 Å². The van der Waals surface area contributed by atoms with Crippen LogP contribution >= 0.6 is 11.3 Å². The van der Waals surface area contributed by atoms with E-state index in [1.54, 1.807) is 43.3 Å². The van der Waals surface area contributed by atoms with Crippen molar-refractivity contribution in [3.8, 4) is 5.88 Å². The minimum absolute atomic E-state index is 0.0676. The fourth-order valence-corrected chi connectivity index (χ4v) is 7.46. The number of aromatic nitrogens is 2. The van der Waals surface area contributed by atoms with E-state index in [4.69, 9.17) is 9.15 Å². The van der Waals surface area contributed by atoms with Gasteiger partial charge in [-0.1, -0.05) is 49.2 Å². The molecule has 222 valence electrons. The van der Waals surface area contributed by atoms with Crippen LogP contribution in [0, 0.1) is 12.8 Å². The molecule has 4 aromatic rings. The Bertz CT molecular complexity index is 1680. The predicted molar refractivity (Wildman–Crippen MR) is 157 cm³/mol. The van der Waals surface area contributed by atoms with Gasteiger partial charge in [-0.2, -0.15) is 4.31 Å². The molecular weight excluding hydrogens is 580 g/mol. The lowest BCUT2D eigenvalue weighted by Crippen LogP contribution is -2.35. The summed E-state index contributed by atoms with van der Waals surface area (Å²) in [5.74, 6) is -0.270. The van der Waals surface area contributed by atoms with Crippen LogP contribution in [0.25, 0.3) is 10.3 Å². The zero-order valence-corrected chi connectivity index (χ0v) is 24.9. The molecule has 0 radical (unpaired) electrons. The molecule has 0 aliphatic heterocycles. The summed E-state index contributed by atoms with van der Waals surface area (Å²) in [7, 11) is -2.64. The van der Waals surface area contributed by atoms with E-state index in [-0.39, 0.29) is 17.3 Å². The second kappa shape index (κ2) is 12.6. The van der Waals surface area contributed by atoms with E-state index >= 15 is 0 Å². The molecule has 1 fully saturated rings. The van der Waals surface area contributed by atoms with E-state index in [0.29, 0.717) is 50.8 Å². The number of rotatable bonds is 12. The third kappa shape index (κ3) is 6.80. The van der Waals surface area contributed by atoms with Gasteiger partial charge in [0.15, 0.2) is 5.13 Å². The van der Waals surface area contributed by atoms with Crippen molar-refractivity contribution in [1.82, 2.24) is 14.3 Å². The van der Waals surface area contributed by atoms with Crippen molar-refractivity contribution in [1.29, 1.82) is 0 Å². The Morgan fingerprint density at radius 2 is 1.86 bits per heavy atom. The van der Waals surface area contributed by atoms with Crippen LogP contribution in [0.2, 0.25) is 0 Å². The van der Waals surface area contributed by atoms with Gasteiger partial charge in [0.2, 0.25) is 21.8 Å². The molecule has 11 nitrogen and oxygen atoms in total. The summed E-state index contributed by atoms with van der Waals surface area (Å²) in [6.45, 7) is 0.778. The number of carbonyl (C=O) groups is 2. The Kier molecular flexibility index (Phi) is 8.90. The Balaban J connectivity index is 1.39. The van der Waals surface area contributed by atoms with Crippen molar-refractivity contribution in [3.05, 3.63) is 65.6 Å². The van der Waals surface area contributed by atoms with Crippen molar-refractivity contribution in [2.24, 2.45) is 5.92 Å². The Labute approximate surface area is 247 Å². The molecule has 3 heterocycles. The molecule has 0 saturated heterocycles. The van der Waals surface area contributed by atoms with Crippen LogP contribution in [-0.2, 0) is 26.2 Å². The standard InChI is InChI=1S/C29H32N4O7S2/c1-18-7-10-21(40-18)16-33(17-26(34)35)42(37,38)22-11-8-20(9-12-22)23(15-19-5-3-4-6-19)27(36)32-29-30-24-13-14-25(39-2)31-28(24)41-29/h7-14,19,23H,3-6,15-17H2,1-2H3,(H,34,35)(H,30,32,36). The van der Waals surface area contributed by atoms with E-state index in [0.717, 1.165) is 30.0 Å². The number of aliphatic carboxylic acids is 1. The third-order valence-electron chi connectivity index (χ3n) is 7.39. The highest BCUT2D eigenvalue weighted by molar-refractivity contribution is 7.89. The number of hydrogen-bond donors (Lipinski definition) is 2. The molecule has 1 aliphatic rings. The monoisotopic (exact) mass is 612 g/mol. The summed E-state index contributed by atoms with van der Waals surface area (Å²) in [5.41, 5.74) is 1.32. The maximum Gasteiger partial charge on any atom is 0.318 e. The van der Waals surface area contributed by atoms with Crippen LogP contribution in [0.5, 0.6) is 5.88 Å². The summed E-state index contributed by atoms with van der Waals surface area (Å²) in [4.78, 5) is 34.6. The lowest BCUT2D eigenvalue weighted by Gasteiger charge is -2.22. The van der Waals surface area contributed by atoms with Gasteiger partial charge in [-0.25, -0.2) is 18.4 Å². The number of methoxy groups -OCH3 is 1. The number of amides is 1. The van der Waals surface area contributed by atoms with E-state index in [9.17, 15) is 23.1 Å². The first-order valence-electron chi connectivity index (χ1n) is 13.6. The van der Waals surface area contributed by atoms with Crippen LogP contribution in [0.1, 0.15) is 55.1 Å². The van der Waals surface area contributed by atoms with Crippen LogP contribution in [0.3, 0.4) is 0 Å². The number of fused-ring (bicyclic) bond motifs is 1. The predicted octanol–water partition coefficient (Wildman–Crippen LogP) is 5.18. The van der Waals surface area contributed by atoms with Crippen molar-refractivity contribution >= 4 is 48.7 Å². The van der Waals surface area contributed by atoms with Gasteiger partial charge in [0.1, 0.15) is 28.4 Å². The zero-order chi connectivity index (χ0) is 29.9. The number of aryl methyl sites for hydroxylation is 1. The number of nitrogens with one attached hydrogen (secondary N) is 1. The number of hydrogen-bond acceptors (Lipinski definition) is 9. The highest BCUT2D eigenvalue weighted by Gasteiger charge is 2.30. The van der Waals surface area contributed by atoms with Gasteiger partial charge >= 0.3 is 5.97 Å². The van der Waals surface area contributed by atoms with E-state index < -0.39 is 28.5 Å². The topological polar surface area (TPSA) is 152 Å². The molecular formula is C29H32N4O7S2. The average molecular weight is 613 g/mol. The summed E-state index contributed by atoms with van der Waals surface area (Å²) >= 11 is 1.25. The summed E-state index contributed by atoms with van der Waals surface area (Å²) in [6.07, 6.45) is 4.94. The smallest absolute Gasteiger partial charge is 0.318 e. The minimum atomic E-state index is -4.17. The van der Waals surface area contributed by atoms with Gasteiger partial charge in [0.05, 0.1) is 24.5 Å². The maximum atomic E-state index is 13.6. The number of anilines is 1. The van der Waals surface area contributed by atoms with Crippen LogP contribution in [0.15, 0.2) is 57.8 Å². The minimum Gasteiger partial charge on any atom is -0.481 e. The van der Waals surface area contributed by atoms with Gasteiger partial charge in [-0.05, 0) is 55.2 Å². The lowest BCUT2D eigenvalue weighted by molar-refractivity contribution is -0.137. The molecule has 3 aromatic heterocycles. The number of nitrogens with zero attached hydrogens (tertiary/aromatic N) is 3. The normalized spacial score (nSPS) is 14.8. The van der Waals surface area contributed by atoms with Gasteiger partial charge in [-0.3, -0.25) is 9.59 Å². The number of thiazole rings is 1. The number of pyridine rings is 1. The third-order valence-corrected chi connectivity index (χ3v) is 10.1. The van der Waals surface area contributed by atoms with Gasteiger partial charge in [0.25, 0.3) is 0 Å². The van der Waals surface area contributed by atoms with Crippen molar-refractivity contribution < 1.29 is 32.3 Å². The average Bonchev–Trinajstić information content (AvgIpc) is 3.72. The highest BCUT2D eigenvalue weighted by Crippen LogP contribution is 2.36. The number of carbonyl (C=O) groups excluding carboxylic acids is 1. The highest BCUT2D eigenvalue weighted by atomic mass is 32.2. The Morgan fingerprint density at radius 1 is 1.12 bits per heavy atom. The van der Waals surface area contributed by atoms with Gasteiger partial charge < -0.3 is 19.6 Å². The van der Waals surface area contributed by atoms with E-state index in [2.05, 4.69) is 15.3 Å². The zero-order valence-electron chi connectivity index (χ0n) is 23.3. The molecule has 0 bridgehead atoms. The molecule has 5 rings (SSSR count). The van der Waals surface area contributed by atoms with Gasteiger partial charge in [0, 0.05) is 6.07 Å². The molecule has 1 aliphatic carbocycles. The molecule has 1 aromatic carbocycles. The van der Waals surface area contributed by atoms with Crippen molar-refractivity contribution in [2.45, 2.75) is 56.4 Å². The molecule has 0 spiro atoms. The molecule has 1 saturated carbocycles. The number of sulfonamides is 1. The Morgan fingerprint density at radius 3 is 2.50 bits per heavy atom. The molecule has 1 amide bonds. The number of ether oxygens (including phenoxy) is 1. The van der Waals surface area contributed by atoms with Crippen molar-refractivity contribution in [3.63, 3.8) is 0 Å². The molecule has 1 unspecified atom stereocenters. The number of carboxylic acids is 1. The first-order chi connectivity index (χ1) is 20.1. The molecule has 42 heavy (non-hydrogen) atoms. The van der Waals surface area contributed by atoms with Crippen molar-refractivity contribution in [2.75, 3.05) is 19.0 Å². The van der Waals surface area contributed by atoms with E-state index in [1.165, 1.54) is 30.6 Å². The quantitative estimate of drug-likeness (QED) is 0.220. The summed E-state index contributed by atoms with van der Waals surface area (Å²) < 4.78 is 38.5. The molecule has 1 atom stereocenters. The fourth-order valence-electron chi connectivity index (χ4n) is 5.28. The van der Waals surface area contributed by atoms with Crippen LogP contribution in [-0.4, -0.2) is 53.3 Å². The lowest BCUT2D eigenvalue weighted by atomic mass is 9.87. The summed E-state index contributed by atoms with van der Waals surface area (Å²) in [6, 6.07) is 12.9. The first-order valence-corrected chi connectivity index (χ1v) is 15.9. The summed E-state index contributed by atoms with van der Waals surface area (Å²) in [5, 5.41) is 12.8. The number of carboxylic acid groups (broad SMARTS) is 1. The number of benzene rings is 1. The second-order valence-electron chi connectivity index (χ2n) is 10.4. The molecule has 2 N–H and O–H groups in total. The fraction of sp³-hybridized carbons (Fsp3) is 0.379.